The van der Waals surface area contributed by atoms with Crippen LogP contribution >= 0.6 is 0 Å². The third kappa shape index (κ3) is 58400. The molecule has 0 saturated heterocycles. The van der Waals surface area contributed by atoms with E-state index in [2.05, 4.69) is 5.32 Å². The highest BCUT2D eigenvalue weighted by atomic mass is 14.7. The molecule has 0 aliphatic carbocycles. The molecular formula is C6H19N. The highest BCUT2D eigenvalue weighted by Crippen LogP contribution is 1.15. The van der Waals surface area contributed by atoms with Crippen molar-refractivity contribution in [1.29, 1.82) is 0 Å². The Balaban J connectivity index is -0.0000000360. The van der Waals surface area contributed by atoms with Crippen LogP contribution < -0.4 is 5.32 Å². The molecule has 0 bridgehead atoms. The summed E-state index contributed by atoms with van der Waals surface area (Å²) in [7, 11) is 3.75. The summed E-state index contributed by atoms with van der Waals surface area (Å²) in [5, 5.41) is 2.75. The Kier molecular flexibility index (Phi) is 358. The lowest BCUT2D eigenvalue weighted by atomic mass is 11.0. The molecule has 0 unspecified atom stereocenters. The molecule has 0 amide bonds. The summed E-state index contributed by atoms with van der Waals surface area (Å²) in [5.41, 5.74) is 0. The van der Waals surface area contributed by atoms with Crippen LogP contribution in [0, 0.1) is 0 Å². The van der Waals surface area contributed by atoms with Crippen LogP contribution in [-0.2, 0) is 0 Å². The first-order chi connectivity index (χ1) is 3.41. The van der Waals surface area contributed by atoms with E-state index in [9.17, 15) is 0 Å². The molecule has 0 aromatic heterocycles. The largest absolute Gasteiger partial charge is 0.323 e. The van der Waals surface area contributed by atoms with Crippen LogP contribution in [0.15, 0.2) is 0 Å². The summed E-state index contributed by atoms with van der Waals surface area (Å²) in [4.78, 5) is 0. The molecule has 48 valence electrons. The number of nitrogens with one attached hydrogen (secondary N) is 1. The predicted molar refractivity (Wildman–Crippen MR) is 37.7 cm³/mol. The molecule has 0 radical (unpaired) electrons. The minimum absolute atomic E-state index is 1.88. The second-order valence-electron chi connectivity index (χ2n) is 0.500. The quantitative estimate of drug-likeness (QED) is 0.496. The van der Waals surface area contributed by atoms with Gasteiger partial charge in [0.25, 0.3) is 0 Å². The predicted octanol–water partition coefficient (Wildman–Crippen LogP) is 1.89. The van der Waals surface area contributed by atoms with Crippen molar-refractivity contribution in [2.45, 2.75) is 27.7 Å². The standard InChI is InChI=1S/C2H7N.2C2H6/c1-3-2;2*1-2/h3H,1-2H3;2*1-2H3. The molecule has 0 saturated carbocycles. The molecule has 7 heavy (non-hydrogen) atoms. The van der Waals surface area contributed by atoms with Crippen LogP contribution in [0.3, 0.4) is 0 Å². The highest BCUT2D eigenvalue weighted by Gasteiger charge is 1.25. The zero-order chi connectivity index (χ0) is 6.71. The van der Waals surface area contributed by atoms with E-state index in [0.29, 0.717) is 0 Å². The SMILES string of the molecule is CC.CC.CNC. The zero-order valence-corrected chi connectivity index (χ0v) is 6.50. The second-order valence-corrected chi connectivity index (χ2v) is 0.500. The molecule has 0 aromatic rings. The Morgan fingerprint density at radius 1 is 0.714 bits per heavy atom. The number of hydrogen-bond acceptors (Lipinski definition) is 1. The lowest BCUT2D eigenvalue weighted by Crippen LogP contribution is -1.89. The van der Waals surface area contributed by atoms with E-state index in [1.54, 1.807) is 0 Å². The van der Waals surface area contributed by atoms with E-state index in [0.717, 1.165) is 0 Å². The Labute approximate surface area is 48.1 Å². The molecule has 0 aliphatic heterocycles. The van der Waals surface area contributed by atoms with Gasteiger partial charge in [0.15, 0.2) is 0 Å². The average molecular weight is 105 g/mol. The summed E-state index contributed by atoms with van der Waals surface area (Å²) in [6.07, 6.45) is 0. The zero-order valence-electron chi connectivity index (χ0n) is 6.50. The van der Waals surface area contributed by atoms with E-state index in [1.165, 1.54) is 0 Å². The van der Waals surface area contributed by atoms with Crippen molar-refractivity contribution >= 4 is 0 Å². The van der Waals surface area contributed by atoms with Gasteiger partial charge in [0.1, 0.15) is 0 Å². The van der Waals surface area contributed by atoms with E-state index < -0.39 is 0 Å². The maximum absolute atomic E-state index is 2.75. The fourth-order valence-corrected chi connectivity index (χ4v) is 0. The van der Waals surface area contributed by atoms with E-state index in [1.807, 2.05) is 41.8 Å². The van der Waals surface area contributed by atoms with Crippen molar-refractivity contribution < 1.29 is 0 Å². The third-order valence-electron chi connectivity index (χ3n) is 0. The van der Waals surface area contributed by atoms with Gasteiger partial charge in [-0.1, -0.05) is 27.7 Å². The lowest BCUT2D eigenvalue weighted by Gasteiger charge is -1.59. The van der Waals surface area contributed by atoms with Crippen LogP contribution in [0.4, 0.5) is 0 Å². The van der Waals surface area contributed by atoms with Gasteiger partial charge in [-0.15, -0.1) is 0 Å². The molecule has 0 aromatic carbocycles. The summed E-state index contributed by atoms with van der Waals surface area (Å²) in [6, 6.07) is 0. The van der Waals surface area contributed by atoms with Gasteiger partial charge >= 0.3 is 0 Å². The van der Waals surface area contributed by atoms with Crippen LogP contribution in [0.25, 0.3) is 0 Å². The first-order valence-corrected chi connectivity index (χ1v) is 3.00. The van der Waals surface area contributed by atoms with Gasteiger partial charge in [-0.2, -0.15) is 0 Å². The van der Waals surface area contributed by atoms with Gasteiger partial charge in [-0.3, -0.25) is 0 Å². The highest BCUT2D eigenvalue weighted by molar-refractivity contribution is 3.91. The first kappa shape index (κ1) is 15.8. The molecule has 0 atom stereocenters. The normalized spacial score (nSPS) is 4.29. The van der Waals surface area contributed by atoms with E-state index >= 15 is 0 Å². The maximum atomic E-state index is 2.75. The minimum atomic E-state index is 1.88. The number of rotatable bonds is 0. The molecule has 0 aliphatic rings. The van der Waals surface area contributed by atoms with E-state index in [-0.39, 0.29) is 0 Å². The monoisotopic (exact) mass is 105 g/mol. The summed E-state index contributed by atoms with van der Waals surface area (Å²) in [6.45, 7) is 8.00. The molecule has 1 nitrogen and oxygen atoms in total. The summed E-state index contributed by atoms with van der Waals surface area (Å²) in [5.74, 6) is 0. The molecule has 1 heteroatoms. The van der Waals surface area contributed by atoms with Gasteiger partial charge in [0.05, 0.1) is 0 Å². The molecule has 0 fully saturated rings. The first-order valence-electron chi connectivity index (χ1n) is 3.00. The van der Waals surface area contributed by atoms with Crippen LogP contribution in [0.2, 0.25) is 0 Å². The second kappa shape index (κ2) is 159. The minimum Gasteiger partial charge on any atom is -0.323 e. The fourth-order valence-electron chi connectivity index (χ4n) is 0. The third-order valence-corrected chi connectivity index (χ3v) is 0. The Bertz CT molecular complexity index is 4.14. The molecule has 0 rings (SSSR count). The fraction of sp³-hybridized carbons (Fsp3) is 1.00. The van der Waals surface area contributed by atoms with Gasteiger partial charge in [0, 0.05) is 0 Å². The molecule has 0 heterocycles. The average Bonchev–Trinajstić information content (AvgIpc) is 1.78. The maximum Gasteiger partial charge on any atom is -0.0167 e. The van der Waals surface area contributed by atoms with Crippen LogP contribution in [0.5, 0.6) is 0 Å². The van der Waals surface area contributed by atoms with Crippen molar-refractivity contribution in [3.63, 3.8) is 0 Å². The Morgan fingerprint density at radius 2 is 0.714 bits per heavy atom. The smallest absolute Gasteiger partial charge is 0.0167 e. The van der Waals surface area contributed by atoms with Gasteiger partial charge in [0.2, 0.25) is 0 Å². The van der Waals surface area contributed by atoms with Crippen molar-refractivity contribution in [3.05, 3.63) is 0 Å². The topological polar surface area (TPSA) is 12.0 Å². The molecule has 1 N–H and O–H groups in total. The van der Waals surface area contributed by atoms with Crippen molar-refractivity contribution in [3.8, 4) is 0 Å². The van der Waals surface area contributed by atoms with Gasteiger partial charge < -0.3 is 5.32 Å². The summed E-state index contributed by atoms with van der Waals surface area (Å²) < 4.78 is 0. The van der Waals surface area contributed by atoms with Gasteiger partial charge in [-0.25, -0.2) is 0 Å². The Morgan fingerprint density at radius 3 is 0.714 bits per heavy atom. The van der Waals surface area contributed by atoms with Crippen LogP contribution in [-0.4, -0.2) is 14.1 Å². The van der Waals surface area contributed by atoms with Gasteiger partial charge in [-0.05, 0) is 14.1 Å². The van der Waals surface area contributed by atoms with Crippen molar-refractivity contribution in [2.75, 3.05) is 14.1 Å². The lowest BCUT2D eigenvalue weighted by molar-refractivity contribution is 1.02. The van der Waals surface area contributed by atoms with Crippen molar-refractivity contribution in [1.82, 2.24) is 5.32 Å². The number of hydrogen-bond donors (Lipinski definition) is 1. The molecular weight excluding hydrogens is 86.1 g/mol. The van der Waals surface area contributed by atoms with E-state index in [4.69, 9.17) is 0 Å². The molecule has 0 spiro atoms. The summed E-state index contributed by atoms with van der Waals surface area (Å²) >= 11 is 0. The Hall–Kier alpha value is -0.0400. The van der Waals surface area contributed by atoms with Crippen molar-refractivity contribution in [2.24, 2.45) is 0 Å². The van der Waals surface area contributed by atoms with Crippen LogP contribution in [0.1, 0.15) is 27.7 Å².